The number of carbonyl (C=O) groups excluding carboxylic acids is 2. The van der Waals surface area contributed by atoms with Crippen molar-refractivity contribution in [3.05, 3.63) is 81.1 Å². The van der Waals surface area contributed by atoms with Gasteiger partial charge in [0, 0.05) is 54.2 Å². The van der Waals surface area contributed by atoms with E-state index in [4.69, 9.17) is 14.2 Å². The largest absolute Gasteiger partial charge is 0.493 e. The Labute approximate surface area is 280 Å². The maximum Gasteiger partial charge on any atom is 0.245 e. The molecular weight excluding hydrogens is 608 g/mol. The van der Waals surface area contributed by atoms with Crippen molar-refractivity contribution < 1.29 is 23.8 Å². The first-order valence-corrected chi connectivity index (χ1v) is 16.6. The quantitative estimate of drug-likeness (QED) is 0.210. The Hall–Kier alpha value is -4.99. The lowest BCUT2D eigenvalue weighted by Crippen LogP contribution is -2.48. The number of aromatic nitrogens is 1. The van der Waals surface area contributed by atoms with Gasteiger partial charge in [0.2, 0.25) is 23.0 Å². The number of hydrogen-bond donors (Lipinski definition) is 3. The molecular formula is C38H44N4O6. The molecule has 48 heavy (non-hydrogen) atoms. The van der Waals surface area contributed by atoms with Crippen LogP contribution in [0.3, 0.4) is 0 Å². The van der Waals surface area contributed by atoms with E-state index in [-0.39, 0.29) is 23.2 Å². The minimum atomic E-state index is -0.617. The smallest absolute Gasteiger partial charge is 0.245 e. The number of benzene rings is 2. The number of aryl methyl sites for hydroxylation is 1. The van der Waals surface area contributed by atoms with Crippen molar-refractivity contribution in [1.82, 2.24) is 15.2 Å². The molecule has 0 unspecified atom stereocenters. The second-order valence-corrected chi connectivity index (χ2v) is 12.7. The van der Waals surface area contributed by atoms with Crippen molar-refractivity contribution in [3.8, 4) is 28.4 Å². The van der Waals surface area contributed by atoms with Gasteiger partial charge >= 0.3 is 0 Å². The molecule has 10 heteroatoms. The van der Waals surface area contributed by atoms with Gasteiger partial charge in [-0.1, -0.05) is 44.5 Å². The van der Waals surface area contributed by atoms with Gasteiger partial charge in [0.15, 0.2) is 11.5 Å². The number of fused-ring (bicyclic) bond motifs is 6. The minimum Gasteiger partial charge on any atom is -0.493 e. The molecule has 0 saturated carbocycles. The molecule has 2 aliphatic rings. The Kier molecular flexibility index (Phi) is 9.35. The number of H-pyrrole nitrogens is 1. The summed E-state index contributed by atoms with van der Waals surface area (Å²) in [6, 6.07) is 14.3. The van der Waals surface area contributed by atoms with E-state index in [1.807, 2.05) is 36.1 Å². The van der Waals surface area contributed by atoms with Gasteiger partial charge in [0.25, 0.3) is 0 Å². The number of nitrogens with zero attached hydrogens (tertiary/aromatic N) is 1. The number of nitrogens with one attached hydrogen (secondary N) is 3. The number of methoxy groups -OCH3 is 3. The lowest BCUT2D eigenvalue weighted by molar-refractivity contribution is -0.134. The fraction of sp³-hybridized carbons (Fsp3) is 0.395. The first kappa shape index (κ1) is 32.9. The summed E-state index contributed by atoms with van der Waals surface area (Å²) in [5, 5.41) is 7.57. The zero-order valence-electron chi connectivity index (χ0n) is 28.5. The highest BCUT2D eigenvalue weighted by Gasteiger charge is 2.33. The van der Waals surface area contributed by atoms with Crippen LogP contribution >= 0.6 is 0 Å². The van der Waals surface area contributed by atoms with E-state index in [1.165, 1.54) is 12.6 Å². The molecule has 3 N–H and O–H groups in total. The van der Waals surface area contributed by atoms with Gasteiger partial charge in [-0.05, 0) is 59.7 Å². The van der Waals surface area contributed by atoms with Crippen molar-refractivity contribution in [1.29, 1.82) is 0 Å². The van der Waals surface area contributed by atoms with Crippen LogP contribution in [0.2, 0.25) is 0 Å². The van der Waals surface area contributed by atoms with Crippen molar-refractivity contribution in [2.75, 3.05) is 33.2 Å². The minimum absolute atomic E-state index is 0.0345. The van der Waals surface area contributed by atoms with Crippen molar-refractivity contribution in [3.63, 3.8) is 0 Å². The van der Waals surface area contributed by atoms with E-state index in [0.717, 1.165) is 46.0 Å². The number of hydrogen-bond acceptors (Lipinski definition) is 7. The summed E-state index contributed by atoms with van der Waals surface area (Å²) < 4.78 is 17.3. The van der Waals surface area contributed by atoms with Crippen LogP contribution in [-0.4, -0.2) is 55.6 Å². The topological polar surface area (TPSA) is 122 Å². The molecule has 6 rings (SSSR count). The van der Waals surface area contributed by atoms with Gasteiger partial charge in [-0.15, -0.1) is 0 Å². The second kappa shape index (κ2) is 13.6. The molecule has 1 aliphatic carbocycles. The molecule has 4 aromatic rings. The van der Waals surface area contributed by atoms with Crippen LogP contribution in [-0.2, 0) is 29.0 Å². The van der Waals surface area contributed by atoms with Crippen LogP contribution in [0.15, 0.2) is 53.3 Å². The van der Waals surface area contributed by atoms with Crippen LogP contribution in [0.4, 0.5) is 5.69 Å². The maximum absolute atomic E-state index is 14.3. The van der Waals surface area contributed by atoms with E-state index < -0.39 is 12.1 Å². The van der Waals surface area contributed by atoms with Crippen molar-refractivity contribution >= 4 is 28.4 Å². The highest BCUT2D eigenvalue weighted by atomic mass is 16.5. The number of para-hydroxylation sites is 1. The third-order valence-electron chi connectivity index (χ3n) is 9.90. The molecule has 0 spiro atoms. The number of amides is 2. The Morgan fingerprint density at radius 1 is 1.02 bits per heavy atom. The first-order chi connectivity index (χ1) is 23.2. The van der Waals surface area contributed by atoms with Gasteiger partial charge in [-0.3, -0.25) is 14.4 Å². The molecule has 10 nitrogen and oxygen atoms in total. The van der Waals surface area contributed by atoms with Gasteiger partial charge in [0.05, 0.1) is 33.1 Å². The SMILES string of the molecule is CC[C@@H](C)[C@H](Nc1ccc2c(cc1=O)[C@@H](NC(C)=O)CCc1cc(OC)c(OC)c(OC)c1-2)C(=O)N1CCc2[nH]c3ccccc3c2C1. The standard InChI is InChI=1S/C38H44N4O6/c1-7-21(2)35(38(45)42-17-16-30-27(20-42)24-10-8-9-11-28(24)40-30)41-31-15-13-25-26(19-32(31)44)29(39-22(3)43)14-12-23-18-33(46-4)36(47-5)37(48-6)34(23)25/h8-11,13,15,18-19,21,29,35,40H,7,12,14,16-17,20H2,1-6H3,(H,39,43)(H,41,44)/t21-,29+,35+/m1/s1. The fourth-order valence-electron chi connectivity index (χ4n) is 7.23. The van der Waals surface area contributed by atoms with Crippen molar-refractivity contribution in [2.24, 2.45) is 5.92 Å². The normalized spacial score (nSPS) is 16.5. The highest BCUT2D eigenvalue weighted by molar-refractivity contribution is 5.89. The molecule has 2 amide bonds. The van der Waals surface area contributed by atoms with Gasteiger partial charge in [0.1, 0.15) is 6.04 Å². The summed E-state index contributed by atoms with van der Waals surface area (Å²) in [5.74, 6) is 1.18. The summed E-state index contributed by atoms with van der Waals surface area (Å²) in [6.07, 6.45) is 2.65. The van der Waals surface area contributed by atoms with Gasteiger partial charge < -0.3 is 34.7 Å². The van der Waals surface area contributed by atoms with Crippen molar-refractivity contribution in [2.45, 2.75) is 65.1 Å². The average molecular weight is 653 g/mol. The molecule has 1 aliphatic heterocycles. The third-order valence-corrected chi connectivity index (χ3v) is 9.90. The summed E-state index contributed by atoms with van der Waals surface area (Å²) >= 11 is 0. The van der Waals surface area contributed by atoms with E-state index in [1.54, 1.807) is 33.5 Å². The highest BCUT2D eigenvalue weighted by Crippen LogP contribution is 2.50. The molecule has 0 fully saturated rings. The predicted octanol–water partition coefficient (Wildman–Crippen LogP) is 5.76. The molecule has 0 bridgehead atoms. The maximum atomic E-state index is 14.3. The molecule has 2 heterocycles. The fourth-order valence-corrected chi connectivity index (χ4v) is 7.23. The zero-order valence-corrected chi connectivity index (χ0v) is 28.5. The van der Waals surface area contributed by atoms with Crippen LogP contribution in [0, 0.1) is 5.92 Å². The molecule has 0 radical (unpaired) electrons. The lowest BCUT2D eigenvalue weighted by atomic mass is 9.95. The van der Waals surface area contributed by atoms with Gasteiger partial charge in [-0.2, -0.15) is 0 Å². The lowest BCUT2D eigenvalue weighted by Gasteiger charge is -2.33. The van der Waals surface area contributed by atoms with Crippen LogP contribution in [0.25, 0.3) is 22.0 Å². The van der Waals surface area contributed by atoms with Crippen LogP contribution in [0.1, 0.15) is 62.0 Å². The van der Waals surface area contributed by atoms with Crippen LogP contribution < -0.4 is 30.3 Å². The van der Waals surface area contributed by atoms with E-state index in [9.17, 15) is 14.4 Å². The van der Waals surface area contributed by atoms with E-state index in [2.05, 4.69) is 34.7 Å². The molecule has 3 atom stereocenters. The number of anilines is 1. The first-order valence-electron chi connectivity index (χ1n) is 16.6. The Morgan fingerprint density at radius 3 is 2.50 bits per heavy atom. The molecule has 3 aromatic carbocycles. The predicted molar refractivity (Wildman–Crippen MR) is 187 cm³/mol. The van der Waals surface area contributed by atoms with E-state index >= 15 is 0 Å². The third kappa shape index (κ3) is 5.95. The van der Waals surface area contributed by atoms with Gasteiger partial charge in [-0.25, -0.2) is 0 Å². The Morgan fingerprint density at radius 2 is 1.79 bits per heavy atom. The Bertz CT molecular complexity index is 1940. The summed E-state index contributed by atoms with van der Waals surface area (Å²) in [5.41, 5.74) is 6.56. The van der Waals surface area contributed by atoms with Crippen LogP contribution in [0.5, 0.6) is 17.2 Å². The summed E-state index contributed by atoms with van der Waals surface area (Å²) in [6.45, 7) is 6.66. The number of carbonyl (C=O) groups is 2. The molecule has 252 valence electrons. The number of rotatable bonds is 9. The average Bonchev–Trinajstić information content (AvgIpc) is 3.31. The number of ether oxygens (including phenoxy) is 3. The summed E-state index contributed by atoms with van der Waals surface area (Å²) in [7, 11) is 4.71. The second-order valence-electron chi connectivity index (χ2n) is 12.7. The molecule has 1 aromatic heterocycles. The zero-order chi connectivity index (χ0) is 34.1. The Balaban J connectivity index is 1.42. The summed E-state index contributed by atoms with van der Waals surface area (Å²) in [4.78, 5) is 46.1. The van der Waals surface area contributed by atoms with E-state index in [0.29, 0.717) is 54.4 Å². The number of aromatic amines is 1. The monoisotopic (exact) mass is 652 g/mol. The molecule has 0 saturated heterocycles.